The molecule has 0 fully saturated rings. The fourth-order valence-electron chi connectivity index (χ4n) is 1.03. The Morgan fingerprint density at radius 3 is 2.23 bits per heavy atom. The summed E-state index contributed by atoms with van der Waals surface area (Å²) in [6.07, 6.45) is 4.05. The molecule has 0 atom stereocenters. The van der Waals surface area contributed by atoms with Crippen molar-refractivity contribution in [3.8, 4) is 0 Å². The number of rotatable bonds is 3. The lowest BCUT2D eigenvalue weighted by Crippen LogP contribution is -2.07. The molecule has 2 nitrogen and oxygen atoms in total. The number of allylic oxidation sites excluding steroid dienone is 1. The molecule has 0 aliphatic rings. The second kappa shape index (κ2) is 4.45. The molecule has 2 heteroatoms. The summed E-state index contributed by atoms with van der Waals surface area (Å²) in [4.78, 5) is 12.1. The van der Waals surface area contributed by atoms with E-state index >= 15 is 0 Å². The normalized spacial score (nSPS) is 10.3. The van der Waals surface area contributed by atoms with Crippen LogP contribution in [-0.4, -0.2) is 20.4 Å². The van der Waals surface area contributed by atoms with E-state index in [0.717, 1.165) is 17.5 Å². The molecule has 13 heavy (non-hydrogen) atoms. The van der Waals surface area contributed by atoms with Crippen molar-refractivity contribution in [2.75, 3.05) is 19.0 Å². The lowest BCUT2D eigenvalue weighted by atomic mass is 10.2. The van der Waals surface area contributed by atoms with E-state index in [9.17, 15) is 4.79 Å². The van der Waals surface area contributed by atoms with Gasteiger partial charge in [-0.25, -0.2) is 0 Å². The molecule has 0 aromatic heterocycles. The van der Waals surface area contributed by atoms with Gasteiger partial charge in [0.1, 0.15) is 6.29 Å². The van der Waals surface area contributed by atoms with Crippen LogP contribution in [0.1, 0.15) is 5.56 Å². The zero-order valence-electron chi connectivity index (χ0n) is 7.90. The van der Waals surface area contributed by atoms with Crippen LogP contribution in [0, 0.1) is 0 Å². The van der Waals surface area contributed by atoms with E-state index in [4.69, 9.17) is 0 Å². The number of aldehydes is 1. The van der Waals surface area contributed by atoms with E-state index < -0.39 is 0 Å². The maximum absolute atomic E-state index is 10.1. The van der Waals surface area contributed by atoms with Crippen LogP contribution in [0.3, 0.4) is 0 Å². The van der Waals surface area contributed by atoms with Crippen molar-refractivity contribution in [1.29, 1.82) is 0 Å². The predicted octanol–water partition coefficient (Wildman–Crippen LogP) is 1.96. The molecule has 0 spiro atoms. The van der Waals surface area contributed by atoms with Crippen molar-refractivity contribution in [2.45, 2.75) is 0 Å². The van der Waals surface area contributed by atoms with E-state index in [1.54, 1.807) is 6.08 Å². The maximum atomic E-state index is 10.1. The zero-order valence-corrected chi connectivity index (χ0v) is 7.90. The van der Waals surface area contributed by atoms with Crippen LogP contribution in [-0.2, 0) is 4.79 Å². The highest BCUT2D eigenvalue weighted by atomic mass is 16.1. The third-order valence-electron chi connectivity index (χ3n) is 1.78. The van der Waals surface area contributed by atoms with Crippen LogP contribution in [0.2, 0.25) is 0 Å². The van der Waals surface area contributed by atoms with E-state index in [0.29, 0.717) is 0 Å². The first-order valence-corrected chi connectivity index (χ1v) is 4.13. The predicted molar refractivity (Wildman–Crippen MR) is 55.9 cm³/mol. The number of hydrogen-bond acceptors (Lipinski definition) is 2. The highest BCUT2D eigenvalue weighted by molar-refractivity contribution is 5.74. The molecule has 0 unspecified atom stereocenters. The maximum Gasteiger partial charge on any atom is 0.142 e. The highest BCUT2D eigenvalue weighted by Gasteiger charge is 1.92. The minimum atomic E-state index is 0.778. The second-order valence-electron chi connectivity index (χ2n) is 2.98. The first kappa shape index (κ1) is 9.52. The Morgan fingerprint density at radius 1 is 1.15 bits per heavy atom. The summed E-state index contributed by atoms with van der Waals surface area (Å²) in [6.45, 7) is 0. The van der Waals surface area contributed by atoms with E-state index in [1.807, 2.05) is 43.3 Å². The average molecular weight is 175 g/mol. The number of carbonyl (C=O) groups is 1. The van der Waals surface area contributed by atoms with Gasteiger partial charge < -0.3 is 4.90 Å². The molecule has 0 saturated carbocycles. The monoisotopic (exact) mass is 175 g/mol. The van der Waals surface area contributed by atoms with Gasteiger partial charge in [0.05, 0.1) is 0 Å². The molecule has 1 aromatic rings. The smallest absolute Gasteiger partial charge is 0.142 e. The van der Waals surface area contributed by atoms with E-state index in [2.05, 4.69) is 0 Å². The molecule has 0 heterocycles. The zero-order chi connectivity index (χ0) is 9.68. The fraction of sp³-hybridized carbons (Fsp3) is 0.182. The molecule has 0 aliphatic heterocycles. The fourth-order valence-corrected chi connectivity index (χ4v) is 1.03. The lowest BCUT2D eigenvalue weighted by molar-refractivity contribution is -0.104. The molecular formula is C11H13NO. The van der Waals surface area contributed by atoms with Gasteiger partial charge in [-0.15, -0.1) is 0 Å². The largest absolute Gasteiger partial charge is 0.378 e. The van der Waals surface area contributed by atoms with Gasteiger partial charge in [-0.2, -0.15) is 0 Å². The topological polar surface area (TPSA) is 20.3 Å². The van der Waals surface area contributed by atoms with Gasteiger partial charge in [0.25, 0.3) is 0 Å². The van der Waals surface area contributed by atoms with Crippen molar-refractivity contribution < 1.29 is 4.79 Å². The molecule has 0 saturated heterocycles. The van der Waals surface area contributed by atoms with Crippen LogP contribution in [0.15, 0.2) is 30.3 Å². The number of hydrogen-bond donors (Lipinski definition) is 0. The standard InChI is InChI=1S/C11H13NO/c1-12(2)11-7-5-10(6-8-11)4-3-9-13/h3-9H,1-2H3/b4-3-. The van der Waals surface area contributed by atoms with Crippen LogP contribution >= 0.6 is 0 Å². The Labute approximate surface area is 78.5 Å². The number of benzene rings is 1. The van der Waals surface area contributed by atoms with Gasteiger partial charge in [0.15, 0.2) is 0 Å². The molecule has 0 bridgehead atoms. The Balaban J connectivity index is 2.81. The van der Waals surface area contributed by atoms with Gasteiger partial charge in [-0.1, -0.05) is 18.2 Å². The Morgan fingerprint density at radius 2 is 1.77 bits per heavy atom. The van der Waals surface area contributed by atoms with Crippen LogP contribution in [0.4, 0.5) is 5.69 Å². The Bertz CT molecular complexity index is 298. The number of carbonyl (C=O) groups excluding carboxylic acids is 1. The lowest BCUT2D eigenvalue weighted by Gasteiger charge is -2.11. The van der Waals surface area contributed by atoms with Crippen molar-refractivity contribution in [2.24, 2.45) is 0 Å². The van der Waals surface area contributed by atoms with Gasteiger partial charge in [0.2, 0.25) is 0 Å². The van der Waals surface area contributed by atoms with Gasteiger partial charge in [-0.3, -0.25) is 4.79 Å². The first-order valence-electron chi connectivity index (χ1n) is 4.13. The van der Waals surface area contributed by atoms with Crippen molar-refractivity contribution in [3.05, 3.63) is 35.9 Å². The summed E-state index contributed by atoms with van der Waals surface area (Å²) in [5.74, 6) is 0. The molecular weight excluding hydrogens is 162 g/mol. The summed E-state index contributed by atoms with van der Waals surface area (Å²) in [5, 5.41) is 0. The first-order chi connectivity index (χ1) is 6.24. The van der Waals surface area contributed by atoms with Crippen molar-refractivity contribution in [1.82, 2.24) is 0 Å². The summed E-state index contributed by atoms with van der Waals surface area (Å²) in [5.41, 5.74) is 2.20. The van der Waals surface area contributed by atoms with E-state index in [1.165, 1.54) is 6.08 Å². The Hall–Kier alpha value is -1.57. The Kier molecular flexibility index (Phi) is 3.26. The third-order valence-corrected chi connectivity index (χ3v) is 1.78. The molecule has 0 radical (unpaired) electrons. The summed E-state index contributed by atoms with van der Waals surface area (Å²) in [6, 6.07) is 8.00. The van der Waals surface area contributed by atoms with E-state index in [-0.39, 0.29) is 0 Å². The van der Waals surface area contributed by atoms with Gasteiger partial charge in [-0.05, 0) is 23.8 Å². The number of nitrogens with zero attached hydrogens (tertiary/aromatic N) is 1. The molecule has 1 rings (SSSR count). The summed E-state index contributed by atoms with van der Waals surface area (Å²) in [7, 11) is 3.99. The minimum Gasteiger partial charge on any atom is -0.378 e. The van der Waals surface area contributed by atoms with Crippen LogP contribution in [0.5, 0.6) is 0 Å². The molecule has 0 amide bonds. The third kappa shape index (κ3) is 2.75. The molecule has 68 valence electrons. The van der Waals surface area contributed by atoms with Crippen LogP contribution in [0.25, 0.3) is 6.08 Å². The minimum absolute atomic E-state index is 0.778. The molecule has 0 N–H and O–H groups in total. The quantitative estimate of drug-likeness (QED) is 0.517. The molecule has 0 aliphatic carbocycles. The van der Waals surface area contributed by atoms with Crippen LogP contribution < -0.4 is 4.90 Å². The van der Waals surface area contributed by atoms with Crippen molar-refractivity contribution >= 4 is 18.0 Å². The highest BCUT2D eigenvalue weighted by Crippen LogP contribution is 2.12. The number of anilines is 1. The average Bonchev–Trinajstić information content (AvgIpc) is 2.15. The summed E-state index contributed by atoms with van der Waals surface area (Å²) < 4.78 is 0. The van der Waals surface area contributed by atoms with Gasteiger partial charge in [0, 0.05) is 19.8 Å². The van der Waals surface area contributed by atoms with Gasteiger partial charge >= 0.3 is 0 Å². The second-order valence-corrected chi connectivity index (χ2v) is 2.98. The molecule has 1 aromatic carbocycles. The summed E-state index contributed by atoms with van der Waals surface area (Å²) >= 11 is 0. The SMILES string of the molecule is CN(C)c1ccc(/C=C\C=O)cc1. The van der Waals surface area contributed by atoms with Crippen molar-refractivity contribution in [3.63, 3.8) is 0 Å².